The number of amides is 1. The zero-order valence-corrected chi connectivity index (χ0v) is 10.6. The fourth-order valence-electron chi connectivity index (χ4n) is 1.57. The van der Waals surface area contributed by atoms with Gasteiger partial charge in [-0.2, -0.15) is 4.68 Å². The molecule has 0 aliphatic heterocycles. The molecule has 0 unspecified atom stereocenters. The predicted molar refractivity (Wildman–Crippen MR) is 66.5 cm³/mol. The Bertz CT molecular complexity index is 544. The molecule has 2 rings (SSSR count). The number of tetrazole rings is 1. The third-order valence-corrected chi connectivity index (χ3v) is 2.42. The lowest BCUT2D eigenvalue weighted by atomic mass is 10.2. The number of hydrogen-bond acceptors (Lipinski definition) is 4. The van der Waals surface area contributed by atoms with Crippen molar-refractivity contribution in [2.45, 2.75) is 26.8 Å². The van der Waals surface area contributed by atoms with Crippen molar-refractivity contribution < 1.29 is 4.79 Å². The Morgan fingerprint density at radius 3 is 2.44 bits per heavy atom. The molecule has 0 aliphatic carbocycles. The lowest BCUT2D eigenvalue weighted by molar-refractivity contribution is 0.0943. The van der Waals surface area contributed by atoms with Crippen molar-refractivity contribution in [2.24, 2.45) is 0 Å². The summed E-state index contributed by atoms with van der Waals surface area (Å²) < 4.78 is 1.62. The van der Waals surface area contributed by atoms with E-state index < -0.39 is 0 Å². The number of rotatable bonds is 3. The van der Waals surface area contributed by atoms with Gasteiger partial charge in [0.15, 0.2) is 5.82 Å². The molecule has 0 saturated carbocycles. The number of aromatic nitrogens is 4. The van der Waals surface area contributed by atoms with E-state index in [1.807, 2.05) is 32.9 Å². The Morgan fingerprint density at radius 2 is 1.94 bits per heavy atom. The van der Waals surface area contributed by atoms with Crippen molar-refractivity contribution in [3.63, 3.8) is 0 Å². The van der Waals surface area contributed by atoms with Crippen LogP contribution in [0.15, 0.2) is 24.3 Å². The molecule has 0 aliphatic rings. The van der Waals surface area contributed by atoms with Crippen molar-refractivity contribution in [3.05, 3.63) is 35.7 Å². The van der Waals surface area contributed by atoms with E-state index in [0.29, 0.717) is 11.4 Å². The van der Waals surface area contributed by atoms with Crippen LogP contribution in [0, 0.1) is 6.92 Å². The van der Waals surface area contributed by atoms with Crippen LogP contribution >= 0.6 is 0 Å². The van der Waals surface area contributed by atoms with Crippen LogP contribution in [0.4, 0.5) is 0 Å². The van der Waals surface area contributed by atoms with E-state index in [9.17, 15) is 4.79 Å². The van der Waals surface area contributed by atoms with Gasteiger partial charge in [-0.05, 0) is 55.5 Å². The van der Waals surface area contributed by atoms with Gasteiger partial charge in [-0.15, -0.1) is 5.10 Å². The van der Waals surface area contributed by atoms with Gasteiger partial charge in [0.25, 0.3) is 5.91 Å². The van der Waals surface area contributed by atoms with Gasteiger partial charge in [-0.25, -0.2) is 0 Å². The summed E-state index contributed by atoms with van der Waals surface area (Å²) in [4.78, 5) is 11.8. The molecule has 18 heavy (non-hydrogen) atoms. The van der Waals surface area contributed by atoms with E-state index in [-0.39, 0.29) is 11.9 Å². The molecule has 94 valence electrons. The van der Waals surface area contributed by atoms with Crippen molar-refractivity contribution in [3.8, 4) is 5.69 Å². The summed E-state index contributed by atoms with van der Waals surface area (Å²) >= 11 is 0. The lowest BCUT2D eigenvalue weighted by Gasteiger charge is -2.08. The predicted octanol–water partition coefficient (Wildman–Crippen LogP) is 1.11. The smallest absolute Gasteiger partial charge is 0.251 e. The van der Waals surface area contributed by atoms with Gasteiger partial charge in [-0.3, -0.25) is 4.79 Å². The Balaban J connectivity index is 2.21. The highest BCUT2D eigenvalue weighted by Crippen LogP contribution is 2.09. The summed E-state index contributed by atoms with van der Waals surface area (Å²) in [5, 5.41) is 14.1. The summed E-state index contributed by atoms with van der Waals surface area (Å²) in [6.07, 6.45) is 0. The maximum absolute atomic E-state index is 11.8. The largest absolute Gasteiger partial charge is 0.350 e. The molecule has 0 radical (unpaired) electrons. The van der Waals surface area contributed by atoms with Crippen molar-refractivity contribution in [1.29, 1.82) is 0 Å². The topological polar surface area (TPSA) is 72.7 Å². The molecule has 0 saturated heterocycles. The first-order chi connectivity index (χ1) is 8.58. The highest BCUT2D eigenvalue weighted by Gasteiger charge is 2.08. The Labute approximate surface area is 105 Å². The van der Waals surface area contributed by atoms with Crippen LogP contribution in [-0.4, -0.2) is 32.2 Å². The minimum Gasteiger partial charge on any atom is -0.350 e. The van der Waals surface area contributed by atoms with E-state index >= 15 is 0 Å². The number of hydrogen-bond donors (Lipinski definition) is 1. The standard InChI is InChI=1S/C12H15N5O/c1-8(2)13-12(18)10-4-6-11(7-5-10)17-9(3)14-15-16-17/h4-8H,1-3H3,(H,13,18). The molecule has 6 nitrogen and oxygen atoms in total. The van der Waals surface area contributed by atoms with Crippen LogP contribution in [-0.2, 0) is 0 Å². The van der Waals surface area contributed by atoms with E-state index in [4.69, 9.17) is 0 Å². The van der Waals surface area contributed by atoms with Gasteiger partial charge >= 0.3 is 0 Å². The summed E-state index contributed by atoms with van der Waals surface area (Å²) in [6, 6.07) is 7.28. The molecule has 0 spiro atoms. The second kappa shape index (κ2) is 4.95. The maximum atomic E-state index is 11.8. The fraction of sp³-hybridized carbons (Fsp3) is 0.333. The molecule has 1 heterocycles. The van der Waals surface area contributed by atoms with Crippen molar-refractivity contribution in [2.75, 3.05) is 0 Å². The second-order valence-corrected chi connectivity index (χ2v) is 4.31. The molecule has 0 bridgehead atoms. The molecule has 6 heteroatoms. The van der Waals surface area contributed by atoms with Gasteiger partial charge in [-0.1, -0.05) is 0 Å². The quantitative estimate of drug-likeness (QED) is 0.879. The third-order valence-electron chi connectivity index (χ3n) is 2.42. The summed E-state index contributed by atoms with van der Waals surface area (Å²) in [6.45, 7) is 5.67. The molecule has 1 aromatic carbocycles. The summed E-state index contributed by atoms with van der Waals surface area (Å²) in [5.41, 5.74) is 1.46. The highest BCUT2D eigenvalue weighted by atomic mass is 16.1. The molecule has 1 amide bonds. The Morgan fingerprint density at radius 1 is 1.28 bits per heavy atom. The monoisotopic (exact) mass is 245 g/mol. The first-order valence-electron chi connectivity index (χ1n) is 5.74. The van der Waals surface area contributed by atoms with Gasteiger partial charge in [0, 0.05) is 11.6 Å². The average molecular weight is 245 g/mol. The molecule has 0 fully saturated rings. The number of benzene rings is 1. The third kappa shape index (κ3) is 2.53. The van der Waals surface area contributed by atoms with Gasteiger partial charge in [0.05, 0.1) is 5.69 Å². The van der Waals surface area contributed by atoms with Crippen LogP contribution in [0.2, 0.25) is 0 Å². The highest BCUT2D eigenvalue weighted by molar-refractivity contribution is 5.94. The number of carbonyl (C=O) groups excluding carboxylic acids is 1. The summed E-state index contributed by atoms with van der Waals surface area (Å²) in [7, 11) is 0. The van der Waals surface area contributed by atoms with Crippen LogP contribution in [0.1, 0.15) is 30.0 Å². The number of nitrogens with zero attached hydrogens (tertiary/aromatic N) is 4. The molecule has 0 atom stereocenters. The molecule has 2 aromatic rings. The van der Waals surface area contributed by atoms with Crippen LogP contribution < -0.4 is 5.32 Å². The molecular formula is C12H15N5O. The van der Waals surface area contributed by atoms with Crippen molar-refractivity contribution >= 4 is 5.91 Å². The zero-order valence-electron chi connectivity index (χ0n) is 10.6. The number of aryl methyl sites for hydroxylation is 1. The Hall–Kier alpha value is -2.24. The van der Waals surface area contributed by atoms with Gasteiger partial charge in [0.1, 0.15) is 0 Å². The average Bonchev–Trinajstić information content (AvgIpc) is 2.75. The normalized spacial score (nSPS) is 10.7. The minimum atomic E-state index is -0.0787. The number of nitrogens with one attached hydrogen (secondary N) is 1. The Kier molecular flexibility index (Phi) is 3.36. The number of carbonyl (C=O) groups is 1. The molecular weight excluding hydrogens is 230 g/mol. The van der Waals surface area contributed by atoms with Gasteiger partial charge in [0.2, 0.25) is 0 Å². The minimum absolute atomic E-state index is 0.0787. The van der Waals surface area contributed by atoms with Crippen LogP contribution in [0.3, 0.4) is 0 Å². The first-order valence-corrected chi connectivity index (χ1v) is 5.74. The fourth-order valence-corrected chi connectivity index (χ4v) is 1.57. The van der Waals surface area contributed by atoms with E-state index in [1.165, 1.54) is 0 Å². The maximum Gasteiger partial charge on any atom is 0.251 e. The van der Waals surface area contributed by atoms with E-state index in [0.717, 1.165) is 5.69 Å². The SMILES string of the molecule is Cc1nnnn1-c1ccc(C(=O)NC(C)C)cc1. The first kappa shape index (κ1) is 12.2. The van der Waals surface area contributed by atoms with E-state index in [1.54, 1.807) is 16.8 Å². The zero-order chi connectivity index (χ0) is 13.1. The van der Waals surface area contributed by atoms with Crippen molar-refractivity contribution in [1.82, 2.24) is 25.5 Å². The van der Waals surface area contributed by atoms with Gasteiger partial charge < -0.3 is 5.32 Å². The van der Waals surface area contributed by atoms with E-state index in [2.05, 4.69) is 20.8 Å². The van der Waals surface area contributed by atoms with Crippen LogP contribution in [0.25, 0.3) is 5.69 Å². The lowest BCUT2D eigenvalue weighted by Crippen LogP contribution is -2.30. The molecule has 1 aromatic heterocycles. The summed E-state index contributed by atoms with van der Waals surface area (Å²) in [5.74, 6) is 0.624. The molecule has 1 N–H and O–H groups in total. The second-order valence-electron chi connectivity index (χ2n) is 4.31. The van der Waals surface area contributed by atoms with Crippen LogP contribution in [0.5, 0.6) is 0 Å².